The van der Waals surface area contributed by atoms with Crippen LogP contribution < -0.4 is 4.90 Å². The summed E-state index contributed by atoms with van der Waals surface area (Å²) in [6.45, 7) is 8.24. The van der Waals surface area contributed by atoms with E-state index in [1.807, 2.05) is 50.2 Å². The number of aromatic nitrogens is 1. The van der Waals surface area contributed by atoms with Crippen molar-refractivity contribution in [1.82, 2.24) is 4.98 Å². The zero-order valence-corrected chi connectivity index (χ0v) is 20.9. The van der Waals surface area contributed by atoms with Gasteiger partial charge in [-0.15, -0.1) is 0 Å². The number of ketones is 1. The summed E-state index contributed by atoms with van der Waals surface area (Å²) in [5.41, 5.74) is 5.40. The van der Waals surface area contributed by atoms with Crippen LogP contribution in [0.1, 0.15) is 53.6 Å². The molecule has 35 heavy (non-hydrogen) atoms. The van der Waals surface area contributed by atoms with E-state index in [1.54, 1.807) is 24.3 Å². The maximum absolute atomic E-state index is 13.4. The molecule has 0 bridgehead atoms. The van der Waals surface area contributed by atoms with Crippen LogP contribution in [0.25, 0.3) is 16.0 Å². The summed E-state index contributed by atoms with van der Waals surface area (Å²) in [5, 5.41) is 11.7. The lowest BCUT2D eigenvalue weighted by molar-refractivity contribution is -0.132. The molecule has 0 saturated carbocycles. The first-order valence-corrected chi connectivity index (χ1v) is 12.4. The van der Waals surface area contributed by atoms with Crippen molar-refractivity contribution in [2.45, 2.75) is 39.7 Å². The first-order valence-electron chi connectivity index (χ1n) is 11.6. The van der Waals surface area contributed by atoms with Crippen molar-refractivity contribution in [1.29, 1.82) is 0 Å². The van der Waals surface area contributed by atoms with Crippen molar-refractivity contribution in [3.05, 3.63) is 100 Å². The lowest BCUT2D eigenvalue weighted by Gasteiger charge is -2.23. The fourth-order valence-corrected chi connectivity index (χ4v) is 5.79. The van der Waals surface area contributed by atoms with Gasteiger partial charge in [0, 0.05) is 5.56 Å². The smallest absolute Gasteiger partial charge is 0.301 e. The number of carbonyl (C=O) groups excluding carboxylic acids is 2. The number of aliphatic hydroxyl groups is 1. The van der Waals surface area contributed by atoms with Crippen LogP contribution >= 0.6 is 11.3 Å². The Balaban J connectivity index is 1.73. The monoisotopic (exact) mass is 482 g/mol. The Labute approximate surface area is 208 Å². The fourth-order valence-electron chi connectivity index (χ4n) is 4.62. The molecule has 3 aromatic carbocycles. The number of rotatable bonds is 4. The molecule has 4 aromatic rings. The van der Waals surface area contributed by atoms with Crippen LogP contribution in [0.2, 0.25) is 0 Å². The normalized spacial score (nSPS) is 17.6. The predicted octanol–water partition coefficient (Wildman–Crippen LogP) is 6.66. The maximum Gasteiger partial charge on any atom is 0.301 e. The third-order valence-electron chi connectivity index (χ3n) is 6.44. The van der Waals surface area contributed by atoms with E-state index in [2.05, 4.69) is 19.9 Å². The maximum atomic E-state index is 13.4. The first-order chi connectivity index (χ1) is 16.8. The summed E-state index contributed by atoms with van der Waals surface area (Å²) in [6.07, 6.45) is 0. The molecule has 5 rings (SSSR count). The highest BCUT2D eigenvalue weighted by Gasteiger charge is 2.48. The van der Waals surface area contributed by atoms with Gasteiger partial charge in [0.2, 0.25) is 0 Å². The molecule has 6 heteroatoms. The van der Waals surface area contributed by atoms with Gasteiger partial charge in [0.25, 0.3) is 5.78 Å². The van der Waals surface area contributed by atoms with E-state index in [4.69, 9.17) is 4.98 Å². The highest BCUT2D eigenvalue weighted by molar-refractivity contribution is 7.22. The van der Waals surface area contributed by atoms with E-state index in [0.717, 1.165) is 32.5 Å². The minimum Gasteiger partial charge on any atom is -0.507 e. The number of Topliss-reactive ketones (excluding diaryl/α,β-unsaturated/α-hetero) is 1. The van der Waals surface area contributed by atoms with Gasteiger partial charge in [0.1, 0.15) is 5.76 Å². The SMILES string of the molecule is Cc1cc(C)c2nc(N3C(=O)C(=O)C(=C(O)c4ccccc4)[C@H]3c3ccc(C(C)C)cc3)sc2c1. The zero-order valence-electron chi connectivity index (χ0n) is 20.1. The molecule has 0 spiro atoms. The van der Waals surface area contributed by atoms with Crippen LogP contribution in [0.5, 0.6) is 0 Å². The first kappa shape index (κ1) is 23.0. The second-order valence-electron chi connectivity index (χ2n) is 9.28. The summed E-state index contributed by atoms with van der Waals surface area (Å²) in [4.78, 5) is 33.0. The van der Waals surface area contributed by atoms with Crippen LogP contribution in [0.15, 0.2) is 72.3 Å². The standard InChI is InChI=1S/C29H26N2O3S/c1-16(2)19-10-12-20(13-11-19)25-23(26(32)21-8-6-5-7-9-21)27(33)28(34)31(25)29-30-24-18(4)14-17(3)15-22(24)35-29/h5-16,25,32H,1-4H3/t25-/m1/s1. The van der Waals surface area contributed by atoms with E-state index in [0.29, 0.717) is 16.6 Å². The number of benzene rings is 3. The number of carbonyl (C=O) groups is 2. The van der Waals surface area contributed by atoms with Crippen molar-refractivity contribution in [2.24, 2.45) is 0 Å². The van der Waals surface area contributed by atoms with Crippen LogP contribution in [0.3, 0.4) is 0 Å². The van der Waals surface area contributed by atoms with Gasteiger partial charge in [-0.05, 0) is 48.1 Å². The van der Waals surface area contributed by atoms with E-state index >= 15 is 0 Å². The van der Waals surface area contributed by atoms with Crippen LogP contribution in [-0.2, 0) is 9.59 Å². The zero-order chi connectivity index (χ0) is 24.9. The molecule has 1 aromatic heterocycles. The van der Waals surface area contributed by atoms with Crippen molar-refractivity contribution in [3.8, 4) is 0 Å². The van der Waals surface area contributed by atoms with Crippen molar-refractivity contribution >= 4 is 44.1 Å². The Morgan fingerprint density at radius 2 is 1.69 bits per heavy atom. The van der Waals surface area contributed by atoms with E-state index < -0.39 is 17.7 Å². The second kappa shape index (κ2) is 8.78. The number of amides is 1. The molecule has 1 saturated heterocycles. The summed E-state index contributed by atoms with van der Waals surface area (Å²) in [5.74, 6) is -1.24. The average Bonchev–Trinajstić information content (AvgIpc) is 3.38. The second-order valence-corrected chi connectivity index (χ2v) is 10.3. The number of hydrogen-bond acceptors (Lipinski definition) is 5. The Morgan fingerprint density at radius 3 is 2.34 bits per heavy atom. The number of nitrogens with zero attached hydrogens (tertiary/aromatic N) is 2. The van der Waals surface area contributed by atoms with E-state index in [9.17, 15) is 14.7 Å². The molecule has 0 radical (unpaired) electrons. The highest BCUT2D eigenvalue weighted by Crippen LogP contribution is 2.44. The summed E-state index contributed by atoms with van der Waals surface area (Å²) < 4.78 is 0.955. The predicted molar refractivity (Wildman–Crippen MR) is 141 cm³/mol. The van der Waals surface area contributed by atoms with Crippen LogP contribution in [-0.4, -0.2) is 21.8 Å². The Hall–Kier alpha value is -3.77. The van der Waals surface area contributed by atoms with Gasteiger partial charge in [0.15, 0.2) is 5.13 Å². The Morgan fingerprint density at radius 1 is 1.00 bits per heavy atom. The summed E-state index contributed by atoms with van der Waals surface area (Å²) >= 11 is 1.38. The van der Waals surface area contributed by atoms with Gasteiger partial charge < -0.3 is 5.11 Å². The minimum absolute atomic E-state index is 0.0747. The Kier molecular flexibility index (Phi) is 5.77. The van der Waals surface area contributed by atoms with Gasteiger partial charge in [-0.3, -0.25) is 14.5 Å². The molecule has 0 unspecified atom stereocenters. The van der Waals surface area contributed by atoms with E-state index in [-0.39, 0.29) is 11.3 Å². The average molecular weight is 483 g/mol. The molecule has 1 aliphatic heterocycles. The quantitative estimate of drug-likeness (QED) is 0.200. The number of anilines is 1. The van der Waals surface area contributed by atoms with Gasteiger partial charge in [-0.1, -0.05) is 85.8 Å². The van der Waals surface area contributed by atoms with E-state index in [1.165, 1.54) is 16.2 Å². The van der Waals surface area contributed by atoms with Crippen LogP contribution in [0, 0.1) is 13.8 Å². The molecule has 1 N–H and O–H groups in total. The highest BCUT2D eigenvalue weighted by atomic mass is 32.1. The largest absolute Gasteiger partial charge is 0.507 e. The molecule has 176 valence electrons. The molecule has 1 fully saturated rings. The van der Waals surface area contributed by atoms with Gasteiger partial charge in [-0.25, -0.2) is 4.98 Å². The molecular weight excluding hydrogens is 456 g/mol. The summed E-state index contributed by atoms with van der Waals surface area (Å²) in [6, 6.07) is 20.1. The molecule has 1 aliphatic rings. The molecular formula is C29H26N2O3S. The number of thiazole rings is 1. The van der Waals surface area contributed by atoms with Crippen molar-refractivity contribution in [2.75, 3.05) is 4.90 Å². The topological polar surface area (TPSA) is 70.5 Å². The number of hydrogen-bond donors (Lipinski definition) is 1. The van der Waals surface area contributed by atoms with Gasteiger partial charge in [-0.2, -0.15) is 0 Å². The third-order valence-corrected chi connectivity index (χ3v) is 7.44. The Bertz CT molecular complexity index is 1480. The van der Waals surface area contributed by atoms with Crippen molar-refractivity contribution < 1.29 is 14.7 Å². The minimum atomic E-state index is -0.779. The third kappa shape index (κ3) is 3.94. The lowest BCUT2D eigenvalue weighted by Crippen LogP contribution is -2.29. The summed E-state index contributed by atoms with van der Waals surface area (Å²) in [7, 11) is 0. The van der Waals surface area contributed by atoms with Crippen LogP contribution in [0.4, 0.5) is 5.13 Å². The molecule has 2 heterocycles. The fraction of sp³-hybridized carbons (Fsp3) is 0.207. The number of aliphatic hydroxyl groups excluding tert-OH is 1. The molecule has 5 nitrogen and oxygen atoms in total. The number of fused-ring (bicyclic) bond motifs is 1. The number of aryl methyl sites for hydroxylation is 2. The van der Waals surface area contributed by atoms with Gasteiger partial charge in [0.05, 0.1) is 21.8 Å². The van der Waals surface area contributed by atoms with Gasteiger partial charge >= 0.3 is 5.91 Å². The lowest BCUT2D eigenvalue weighted by atomic mass is 9.93. The molecule has 1 amide bonds. The van der Waals surface area contributed by atoms with Crippen molar-refractivity contribution in [3.63, 3.8) is 0 Å². The molecule has 1 atom stereocenters. The molecule has 0 aliphatic carbocycles.